The van der Waals surface area contributed by atoms with Crippen LogP contribution in [-0.2, 0) is 14.3 Å². The van der Waals surface area contributed by atoms with Crippen molar-refractivity contribution in [1.29, 1.82) is 0 Å². The van der Waals surface area contributed by atoms with E-state index in [4.69, 9.17) is 9.47 Å². The first-order valence-corrected chi connectivity index (χ1v) is 17.6. The van der Waals surface area contributed by atoms with Crippen LogP contribution in [0.5, 0.6) is 0 Å². The van der Waals surface area contributed by atoms with Crippen LogP contribution >= 0.6 is 0 Å². The van der Waals surface area contributed by atoms with Crippen molar-refractivity contribution < 1.29 is 34.7 Å². The van der Waals surface area contributed by atoms with Crippen molar-refractivity contribution in [1.82, 2.24) is 0 Å². The van der Waals surface area contributed by atoms with E-state index < -0.39 is 24.4 Å². The average Bonchev–Trinajstić information content (AvgIpc) is 3.57. The van der Waals surface area contributed by atoms with E-state index in [1.807, 2.05) is 6.92 Å². The summed E-state index contributed by atoms with van der Waals surface area (Å²) in [5, 5.41) is 41.6. The molecule has 7 nitrogen and oxygen atoms in total. The Morgan fingerprint density at radius 2 is 1.31 bits per heavy atom. The Kier molecular flexibility index (Phi) is 19.9. The Morgan fingerprint density at radius 3 is 1.93 bits per heavy atom. The standard InChI is InChI=1S/C35H64O7/c1-3-4-5-6-7-8-9-10-11-12-13-17-20-31(37)32(38)22-23-33(39)34-24-21-30(42-34)19-16-14-15-18-29(36)26-28-25-27(2)41-35(28)40/h25,27,29-34,36-39H,3-24,26H2,1-2H3/t27-,29-,30-,31-,32-,33-,34-/m0/s1. The molecule has 7 heteroatoms. The highest BCUT2D eigenvalue weighted by atomic mass is 16.5. The molecule has 0 radical (unpaired) electrons. The molecule has 2 rings (SSSR count). The van der Waals surface area contributed by atoms with E-state index in [0.29, 0.717) is 37.7 Å². The molecule has 1 fully saturated rings. The fourth-order valence-electron chi connectivity index (χ4n) is 6.40. The van der Waals surface area contributed by atoms with Crippen molar-refractivity contribution in [3.8, 4) is 0 Å². The number of ether oxygens (including phenoxy) is 2. The summed E-state index contributed by atoms with van der Waals surface area (Å²) in [6, 6.07) is 0. The second-order valence-corrected chi connectivity index (χ2v) is 13.1. The lowest BCUT2D eigenvalue weighted by atomic mass is 9.97. The van der Waals surface area contributed by atoms with Crippen LogP contribution in [0.25, 0.3) is 0 Å². The maximum absolute atomic E-state index is 11.7. The number of esters is 1. The summed E-state index contributed by atoms with van der Waals surface area (Å²) in [6.07, 6.45) is 22.3. The molecule has 7 atom stereocenters. The molecule has 0 aromatic heterocycles. The lowest BCUT2D eigenvalue weighted by molar-refractivity contribution is -0.139. The number of hydrogen-bond acceptors (Lipinski definition) is 7. The Hall–Kier alpha value is -0.990. The van der Waals surface area contributed by atoms with Gasteiger partial charge in [0, 0.05) is 12.0 Å². The van der Waals surface area contributed by atoms with Crippen molar-refractivity contribution in [2.24, 2.45) is 0 Å². The first kappa shape index (κ1) is 37.2. The number of aliphatic hydroxyl groups is 4. The second kappa shape index (κ2) is 22.5. The van der Waals surface area contributed by atoms with Gasteiger partial charge in [0.1, 0.15) is 6.10 Å². The van der Waals surface area contributed by atoms with Gasteiger partial charge in [-0.1, -0.05) is 103 Å². The third-order valence-electron chi connectivity index (χ3n) is 9.14. The maximum Gasteiger partial charge on any atom is 0.334 e. The zero-order chi connectivity index (χ0) is 30.6. The summed E-state index contributed by atoms with van der Waals surface area (Å²) in [4.78, 5) is 11.7. The van der Waals surface area contributed by atoms with Crippen molar-refractivity contribution >= 4 is 5.97 Å². The molecule has 42 heavy (non-hydrogen) atoms. The molecule has 2 aliphatic rings. The number of carbonyl (C=O) groups is 1. The van der Waals surface area contributed by atoms with E-state index in [1.54, 1.807) is 6.08 Å². The molecule has 2 heterocycles. The number of cyclic esters (lactones) is 1. The maximum atomic E-state index is 11.7. The van der Waals surface area contributed by atoms with Crippen LogP contribution in [0.3, 0.4) is 0 Å². The number of aliphatic hydroxyl groups excluding tert-OH is 4. The SMILES string of the molecule is CCCCCCCCCCCCCC[C@H](O)[C@@H](O)CC[C@H](O)[C@@H]1CC[C@H](CCCCC[C@H](O)CC2=C[C@H](C)OC2=O)O1. The van der Waals surface area contributed by atoms with Gasteiger partial charge >= 0.3 is 5.97 Å². The normalized spacial score (nSPS) is 23.5. The van der Waals surface area contributed by atoms with Gasteiger partial charge in [0.25, 0.3) is 0 Å². The molecular weight excluding hydrogens is 532 g/mol. The molecule has 1 saturated heterocycles. The van der Waals surface area contributed by atoms with E-state index in [0.717, 1.165) is 51.4 Å². The molecule has 4 N–H and O–H groups in total. The molecule has 0 aromatic carbocycles. The first-order chi connectivity index (χ1) is 20.3. The molecule has 0 amide bonds. The van der Waals surface area contributed by atoms with Crippen LogP contribution in [0.15, 0.2) is 11.6 Å². The second-order valence-electron chi connectivity index (χ2n) is 13.1. The van der Waals surface area contributed by atoms with E-state index in [2.05, 4.69) is 6.92 Å². The van der Waals surface area contributed by atoms with Gasteiger partial charge in [-0.15, -0.1) is 0 Å². The smallest absolute Gasteiger partial charge is 0.334 e. The monoisotopic (exact) mass is 596 g/mol. The fraction of sp³-hybridized carbons (Fsp3) is 0.914. The van der Waals surface area contributed by atoms with Crippen molar-refractivity contribution in [3.63, 3.8) is 0 Å². The minimum Gasteiger partial charge on any atom is -0.455 e. The Morgan fingerprint density at radius 1 is 0.738 bits per heavy atom. The van der Waals surface area contributed by atoms with Gasteiger partial charge in [0.2, 0.25) is 0 Å². The van der Waals surface area contributed by atoms with Crippen LogP contribution in [0.2, 0.25) is 0 Å². The van der Waals surface area contributed by atoms with Gasteiger partial charge in [-0.25, -0.2) is 4.79 Å². The Labute approximate surface area is 256 Å². The van der Waals surface area contributed by atoms with Gasteiger partial charge in [0.05, 0.1) is 36.6 Å². The van der Waals surface area contributed by atoms with Crippen LogP contribution in [0.4, 0.5) is 0 Å². The van der Waals surface area contributed by atoms with Gasteiger partial charge in [-0.2, -0.15) is 0 Å². The molecule has 0 saturated carbocycles. The number of hydrogen-bond donors (Lipinski definition) is 4. The van der Waals surface area contributed by atoms with Crippen molar-refractivity contribution in [3.05, 3.63) is 11.6 Å². The first-order valence-electron chi connectivity index (χ1n) is 17.6. The lowest BCUT2D eigenvalue weighted by Crippen LogP contribution is -2.31. The predicted octanol–water partition coefficient (Wildman–Crippen LogP) is 7.06. The average molecular weight is 597 g/mol. The van der Waals surface area contributed by atoms with E-state index in [-0.39, 0.29) is 24.3 Å². The summed E-state index contributed by atoms with van der Waals surface area (Å²) >= 11 is 0. The molecule has 0 bridgehead atoms. The highest BCUT2D eigenvalue weighted by Crippen LogP contribution is 2.28. The van der Waals surface area contributed by atoms with E-state index in [9.17, 15) is 25.2 Å². The highest BCUT2D eigenvalue weighted by molar-refractivity contribution is 5.90. The topological polar surface area (TPSA) is 116 Å². The quantitative estimate of drug-likeness (QED) is 0.0624. The molecule has 0 aliphatic carbocycles. The summed E-state index contributed by atoms with van der Waals surface area (Å²) in [5.41, 5.74) is 0.584. The molecule has 2 aliphatic heterocycles. The van der Waals surface area contributed by atoms with Crippen LogP contribution < -0.4 is 0 Å². The van der Waals surface area contributed by atoms with Gasteiger partial charge in [-0.3, -0.25) is 0 Å². The Balaban J connectivity index is 1.43. The summed E-state index contributed by atoms with van der Waals surface area (Å²) in [6.45, 7) is 4.08. The zero-order valence-electron chi connectivity index (χ0n) is 26.9. The lowest BCUT2D eigenvalue weighted by Gasteiger charge is -2.22. The van der Waals surface area contributed by atoms with Crippen LogP contribution in [0.1, 0.15) is 162 Å². The minimum atomic E-state index is -0.793. The summed E-state index contributed by atoms with van der Waals surface area (Å²) in [7, 11) is 0. The van der Waals surface area contributed by atoms with Crippen LogP contribution in [0, 0.1) is 0 Å². The van der Waals surface area contributed by atoms with Crippen molar-refractivity contribution in [2.45, 2.75) is 204 Å². The van der Waals surface area contributed by atoms with Crippen LogP contribution in [-0.4, -0.2) is 69.1 Å². The third-order valence-corrected chi connectivity index (χ3v) is 9.14. The Bertz CT molecular complexity index is 726. The fourth-order valence-corrected chi connectivity index (χ4v) is 6.40. The number of rotatable bonds is 26. The molecule has 0 spiro atoms. The summed E-state index contributed by atoms with van der Waals surface area (Å²) in [5.74, 6) is -0.308. The van der Waals surface area contributed by atoms with Gasteiger partial charge < -0.3 is 29.9 Å². The van der Waals surface area contributed by atoms with Gasteiger partial charge in [-0.05, 0) is 57.9 Å². The van der Waals surface area contributed by atoms with E-state index >= 15 is 0 Å². The molecule has 0 unspecified atom stereocenters. The third kappa shape index (κ3) is 16.2. The zero-order valence-corrected chi connectivity index (χ0v) is 26.9. The predicted molar refractivity (Wildman–Crippen MR) is 168 cm³/mol. The summed E-state index contributed by atoms with van der Waals surface area (Å²) < 4.78 is 11.2. The van der Waals surface area contributed by atoms with Crippen molar-refractivity contribution in [2.75, 3.05) is 0 Å². The molecule has 0 aromatic rings. The minimum absolute atomic E-state index is 0.149. The molecule has 246 valence electrons. The highest BCUT2D eigenvalue weighted by Gasteiger charge is 2.31. The largest absolute Gasteiger partial charge is 0.455 e. The number of carbonyl (C=O) groups excluding carboxylic acids is 1. The van der Waals surface area contributed by atoms with E-state index in [1.165, 1.54) is 64.2 Å². The number of unbranched alkanes of at least 4 members (excludes halogenated alkanes) is 13. The van der Waals surface area contributed by atoms with Gasteiger partial charge in [0.15, 0.2) is 0 Å². The molecular formula is C35H64O7.